The molecular weight excluding hydrogens is 202 g/mol. The summed E-state index contributed by atoms with van der Waals surface area (Å²) in [6.45, 7) is 7.04. The first-order valence-corrected chi connectivity index (χ1v) is 7.26. The number of rotatable bonds is 3. The zero-order valence-electron chi connectivity index (χ0n) is 10.4. The monoisotopic (exact) mass is 225 g/mol. The van der Waals surface area contributed by atoms with Crippen molar-refractivity contribution in [3.05, 3.63) is 0 Å². The summed E-state index contributed by atoms with van der Waals surface area (Å²) in [7, 11) is 0. The second-order valence-corrected chi connectivity index (χ2v) is 6.44. The van der Waals surface area contributed by atoms with Crippen LogP contribution in [0.1, 0.15) is 46.5 Å². The highest BCUT2D eigenvalue weighted by molar-refractivity contribution is 7.99. The molecule has 0 bridgehead atoms. The van der Waals surface area contributed by atoms with Crippen molar-refractivity contribution in [2.45, 2.75) is 51.7 Å². The van der Waals surface area contributed by atoms with Gasteiger partial charge in [-0.25, -0.2) is 0 Å². The van der Waals surface area contributed by atoms with Crippen LogP contribution in [0.15, 0.2) is 0 Å². The lowest BCUT2D eigenvalue weighted by Gasteiger charge is -2.40. The molecule has 3 atom stereocenters. The van der Waals surface area contributed by atoms with Gasteiger partial charge in [-0.1, -0.05) is 27.2 Å². The van der Waals surface area contributed by atoms with Gasteiger partial charge in [-0.15, -0.1) is 0 Å². The fourth-order valence-electron chi connectivity index (χ4n) is 2.54. The standard InChI is InChI=1S/C13H23NS/c1-5-13(2,3)11-7-6-10(9-14)12(8-11)15-4/h10-12H,5-8H2,1-4H3. The quantitative estimate of drug-likeness (QED) is 0.722. The molecule has 0 N–H and O–H groups in total. The Labute approximate surface area is 98.6 Å². The molecule has 1 aliphatic rings. The molecular formula is C13H23NS. The summed E-state index contributed by atoms with van der Waals surface area (Å²) in [5, 5.41) is 9.64. The Morgan fingerprint density at radius 1 is 1.40 bits per heavy atom. The molecule has 1 rings (SSSR count). The van der Waals surface area contributed by atoms with Gasteiger partial charge >= 0.3 is 0 Å². The second kappa shape index (κ2) is 5.25. The Morgan fingerprint density at radius 3 is 2.53 bits per heavy atom. The Bertz CT molecular complexity index is 241. The first kappa shape index (κ1) is 12.9. The Kier molecular flexibility index (Phi) is 4.52. The van der Waals surface area contributed by atoms with Crippen LogP contribution < -0.4 is 0 Å². The normalized spacial score (nSPS) is 32.3. The minimum absolute atomic E-state index is 0.295. The van der Waals surface area contributed by atoms with E-state index in [9.17, 15) is 0 Å². The molecule has 3 unspecified atom stereocenters. The fourth-order valence-corrected chi connectivity index (χ4v) is 3.49. The van der Waals surface area contributed by atoms with Gasteiger partial charge in [0.15, 0.2) is 0 Å². The molecule has 2 heteroatoms. The van der Waals surface area contributed by atoms with E-state index in [0.717, 1.165) is 12.3 Å². The lowest BCUT2D eigenvalue weighted by atomic mass is 9.67. The molecule has 0 spiro atoms. The highest BCUT2D eigenvalue weighted by atomic mass is 32.2. The van der Waals surface area contributed by atoms with E-state index in [1.165, 1.54) is 19.3 Å². The van der Waals surface area contributed by atoms with Crippen molar-refractivity contribution in [1.82, 2.24) is 0 Å². The molecule has 0 aromatic rings. The van der Waals surface area contributed by atoms with Gasteiger partial charge < -0.3 is 0 Å². The molecule has 86 valence electrons. The van der Waals surface area contributed by atoms with E-state index >= 15 is 0 Å². The van der Waals surface area contributed by atoms with E-state index in [0.29, 0.717) is 16.6 Å². The van der Waals surface area contributed by atoms with Crippen LogP contribution in [0.3, 0.4) is 0 Å². The third-order valence-corrected chi connectivity index (χ3v) is 5.40. The van der Waals surface area contributed by atoms with E-state index in [4.69, 9.17) is 5.26 Å². The zero-order valence-corrected chi connectivity index (χ0v) is 11.2. The first-order valence-electron chi connectivity index (χ1n) is 5.97. The molecule has 1 fully saturated rings. The average molecular weight is 225 g/mol. The van der Waals surface area contributed by atoms with Crippen LogP contribution in [0.2, 0.25) is 0 Å². The number of nitriles is 1. The molecule has 0 aromatic heterocycles. The predicted octanol–water partition coefficient (Wildman–Crippen LogP) is 4.09. The topological polar surface area (TPSA) is 23.8 Å². The molecule has 1 nitrogen and oxygen atoms in total. The van der Waals surface area contributed by atoms with Gasteiger partial charge in [0.25, 0.3) is 0 Å². The largest absolute Gasteiger partial charge is 0.198 e. The molecule has 0 saturated heterocycles. The Morgan fingerprint density at radius 2 is 2.07 bits per heavy atom. The van der Waals surface area contributed by atoms with Gasteiger partial charge in [0.1, 0.15) is 0 Å². The summed E-state index contributed by atoms with van der Waals surface area (Å²) in [5.74, 6) is 1.11. The maximum Gasteiger partial charge on any atom is 0.0667 e. The van der Waals surface area contributed by atoms with Gasteiger partial charge in [-0.2, -0.15) is 17.0 Å². The number of hydrogen-bond acceptors (Lipinski definition) is 2. The van der Waals surface area contributed by atoms with Crippen LogP contribution in [-0.2, 0) is 0 Å². The minimum Gasteiger partial charge on any atom is -0.198 e. The number of thioether (sulfide) groups is 1. The zero-order chi connectivity index (χ0) is 11.5. The first-order chi connectivity index (χ1) is 7.05. The van der Waals surface area contributed by atoms with Crippen LogP contribution >= 0.6 is 11.8 Å². The van der Waals surface area contributed by atoms with Crippen molar-refractivity contribution in [3.63, 3.8) is 0 Å². The van der Waals surface area contributed by atoms with E-state index in [2.05, 4.69) is 33.1 Å². The highest BCUT2D eigenvalue weighted by Crippen LogP contribution is 2.44. The predicted molar refractivity (Wildman–Crippen MR) is 67.8 cm³/mol. The van der Waals surface area contributed by atoms with Crippen LogP contribution in [0.5, 0.6) is 0 Å². The Balaban J connectivity index is 2.65. The number of hydrogen-bond donors (Lipinski definition) is 0. The lowest BCUT2D eigenvalue weighted by molar-refractivity contribution is 0.144. The summed E-state index contributed by atoms with van der Waals surface area (Å²) in [5.41, 5.74) is 0.453. The van der Waals surface area contributed by atoms with Crippen LogP contribution in [0, 0.1) is 28.6 Å². The molecule has 0 radical (unpaired) electrons. The van der Waals surface area contributed by atoms with E-state index < -0.39 is 0 Å². The molecule has 15 heavy (non-hydrogen) atoms. The summed E-state index contributed by atoms with van der Waals surface area (Å²) >= 11 is 1.89. The van der Waals surface area contributed by atoms with Crippen molar-refractivity contribution < 1.29 is 0 Å². The van der Waals surface area contributed by atoms with Gasteiger partial charge in [0.2, 0.25) is 0 Å². The highest BCUT2D eigenvalue weighted by Gasteiger charge is 2.36. The van der Waals surface area contributed by atoms with Crippen LogP contribution in [0.25, 0.3) is 0 Å². The average Bonchev–Trinajstić information content (AvgIpc) is 2.28. The minimum atomic E-state index is 0.295. The summed E-state index contributed by atoms with van der Waals surface area (Å²) in [4.78, 5) is 0. The molecule has 1 saturated carbocycles. The van der Waals surface area contributed by atoms with Crippen LogP contribution in [-0.4, -0.2) is 11.5 Å². The molecule has 0 heterocycles. The van der Waals surface area contributed by atoms with Gasteiger partial charge in [0, 0.05) is 5.25 Å². The smallest absolute Gasteiger partial charge is 0.0667 e. The van der Waals surface area contributed by atoms with Crippen molar-refractivity contribution in [2.24, 2.45) is 17.3 Å². The maximum absolute atomic E-state index is 9.08. The van der Waals surface area contributed by atoms with E-state index in [1.54, 1.807) is 0 Å². The fraction of sp³-hybridized carbons (Fsp3) is 0.923. The third kappa shape index (κ3) is 2.91. The molecule has 0 aromatic carbocycles. The third-order valence-electron chi connectivity index (χ3n) is 4.28. The van der Waals surface area contributed by atoms with Gasteiger partial charge in [0.05, 0.1) is 12.0 Å². The molecule has 0 aliphatic heterocycles. The van der Waals surface area contributed by atoms with Crippen molar-refractivity contribution >= 4 is 11.8 Å². The van der Waals surface area contributed by atoms with Crippen molar-refractivity contribution in [1.29, 1.82) is 5.26 Å². The van der Waals surface area contributed by atoms with Crippen molar-refractivity contribution in [2.75, 3.05) is 6.26 Å². The van der Waals surface area contributed by atoms with Gasteiger partial charge in [-0.05, 0) is 36.9 Å². The molecule has 1 aliphatic carbocycles. The van der Waals surface area contributed by atoms with Crippen LogP contribution in [0.4, 0.5) is 0 Å². The molecule has 0 amide bonds. The number of nitrogens with zero attached hydrogens (tertiary/aromatic N) is 1. The second-order valence-electron chi connectivity index (χ2n) is 5.36. The summed E-state index contributed by atoms with van der Waals surface area (Å²) in [6, 6.07) is 2.47. The van der Waals surface area contributed by atoms with Crippen molar-refractivity contribution in [3.8, 4) is 6.07 Å². The maximum atomic E-state index is 9.08. The van der Waals surface area contributed by atoms with E-state index in [-0.39, 0.29) is 0 Å². The Hall–Kier alpha value is -0.160. The van der Waals surface area contributed by atoms with Gasteiger partial charge in [-0.3, -0.25) is 0 Å². The SMILES string of the molecule is CCC(C)(C)C1CCC(C#N)C(SC)C1. The van der Waals surface area contributed by atoms with E-state index in [1.807, 2.05) is 11.8 Å². The summed E-state index contributed by atoms with van der Waals surface area (Å²) in [6.07, 6.45) is 6.98. The lowest BCUT2D eigenvalue weighted by Crippen LogP contribution is -2.34. The summed E-state index contributed by atoms with van der Waals surface area (Å²) < 4.78 is 0.